The number of carboxylic acid groups (broad SMARTS) is 1. The molecule has 0 amide bonds. The first-order valence-electron chi connectivity index (χ1n) is 9.51. The third-order valence-electron chi connectivity index (χ3n) is 6.34. The molecule has 3 aliphatic heterocycles. The molecule has 6 nitrogen and oxygen atoms in total. The molecule has 7 heteroatoms. The molecule has 4 rings (SSSR count). The van der Waals surface area contributed by atoms with Crippen molar-refractivity contribution in [2.24, 2.45) is 11.3 Å². The minimum absolute atomic E-state index is 0.0812. The van der Waals surface area contributed by atoms with Gasteiger partial charge in [0.25, 0.3) is 0 Å². The number of rotatable bonds is 4. The molecule has 142 valence electrons. The van der Waals surface area contributed by atoms with Crippen LogP contribution in [0, 0.1) is 17.2 Å². The number of carboxylic acids is 1. The average Bonchev–Trinajstić information content (AvgIpc) is 3.10. The molecule has 2 unspecified atom stereocenters. The van der Waals surface area contributed by atoms with Crippen LogP contribution in [0.5, 0.6) is 0 Å². The van der Waals surface area contributed by atoms with Crippen LogP contribution in [0.2, 0.25) is 0 Å². The second-order valence-electron chi connectivity index (χ2n) is 7.91. The Morgan fingerprint density at radius 3 is 2.92 bits per heavy atom. The molecule has 3 fully saturated rings. The molecule has 3 saturated heterocycles. The van der Waals surface area contributed by atoms with Gasteiger partial charge in [0.2, 0.25) is 0 Å². The van der Waals surface area contributed by atoms with Gasteiger partial charge in [-0.25, -0.2) is 9.82 Å². The van der Waals surface area contributed by atoms with Crippen LogP contribution in [-0.2, 0) is 4.79 Å². The summed E-state index contributed by atoms with van der Waals surface area (Å²) in [5, 5.41) is 13.4. The van der Waals surface area contributed by atoms with Gasteiger partial charge in [-0.1, -0.05) is 12.1 Å². The van der Waals surface area contributed by atoms with Crippen LogP contribution < -0.4 is 16.2 Å². The minimum Gasteiger partial charge on any atom is -0.481 e. The number of halogens is 1. The predicted octanol–water partition coefficient (Wildman–Crippen LogP) is 1.12. The molecule has 0 aromatic heterocycles. The molecule has 0 radical (unpaired) electrons. The highest BCUT2D eigenvalue weighted by Gasteiger charge is 2.51. The van der Waals surface area contributed by atoms with Gasteiger partial charge in [0, 0.05) is 31.6 Å². The number of hydrogen-bond acceptors (Lipinski definition) is 5. The number of benzene rings is 1. The van der Waals surface area contributed by atoms with Gasteiger partial charge in [0.1, 0.15) is 5.82 Å². The molecule has 26 heavy (non-hydrogen) atoms. The zero-order valence-electron chi connectivity index (χ0n) is 14.9. The van der Waals surface area contributed by atoms with Crippen molar-refractivity contribution in [3.05, 3.63) is 35.6 Å². The van der Waals surface area contributed by atoms with Crippen molar-refractivity contribution in [2.45, 2.75) is 31.3 Å². The number of carbonyl (C=O) groups is 1. The highest BCUT2D eigenvalue weighted by Crippen LogP contribution is 2.38. The molecule has 4 N–H and O–H groups in total. The van der Waals surface area contributed by atoms with E-state index >= 15 is 0 Å². The Balaban J connectivity index is 1.46. The maximum Gasteiger partial charge on any atom is 0.312 e. The summed E-state index contributed by atoms with van der Waals surface area (Å²) in [4.78, 5) is 14.4. The number of aliphatic carboxylic acids is 1. The summed E-state index contributed by atoms with van der Waals surface area (Å²) in [6.07, 6.45) is 2.54. The molecule has 0 saturated carbocycles. The van der Waals surface area contributed by atoms with Crippen molar-refractivity contribution in [1.29, 1.82) is 0 Å². The van der Waals surface area contributed by atoms with Crippen molar-refractivity contribution in [1.82, 2.24) is 21.1 Å². The lowest BCUT2D eigenvalue weighted by Crippen LogP contribution is -2.63. The Morgan fingerprint density at radius 2 is 2.15 bits per heavy atom. The van der Waals surface area contributed by atoms with E-state index in [1.807, 2.05) is 12.1 Å². The summed E-state index contributed by atoms with van der Waals surface area (Å²) < 4.78 is 13.2. The summed E-state index contributed by atoms with van der Waals surface area (Å²) >= 11 is 0. The fourth-order valence-electron chi connectivity index (χ4n) is 4.95. The van der Waals surface area contributed by atoms with Crippen LogP contribution in [0.4, 0.5) is 4.39 Å². The lowest BCUT2D eigenvalue weighted by Gasteiger charge is -2.49. The Bertz CT molecular complexity index is 655. The molecule has 4 atom stereocenters. The second-order valence-corrected chi connectivity index (χ2v) is 7.91. The lowest BCUT2D eigenvalue weighted by molar-refractivity contribution is -0.157. The van der Waals surface area contributed by atoms with Gasteiger partial charge in [0.05, 0.1) is 11.5 Å². The van der Waals surface area contributed by atoms with E-state index in [0.717, 1.165) is 51.0 Å². The van der Waals surface area contributed by atoms with E-state index in [9.17, 15) is 14.3 Å². The van der Waals surface area contributed by atoms with E-state index in [-0.39, 0.29) is 17.9 Å². The maximum atomic E-state index is 13.2. The van der Waals surface area contributed by atoms with Crippen molar-refractivity contribution < 1.29 is 14.3 Å². The van der Waals surface area contributed by atoms with Crippen LogP contribution in [0.3, 0.4) is 0 Å². The molecule has 3 aliphatic rings. The maximum absolute atomic E-state index is 13.2. The summed E-state index contributed by atoms with van der Waals surface area (Å²) in [5.41, 5.74) is 6.90. The first-order valence-corrected chi connectivity index (χ1v) is 9.51. The number of fused-ring (bicyclic) bond motifs is 1. The van der Waals surface area contributed by atoms with E-state index in [1.165, 1.54) is 12.1 Å². The van der Waals surface area contributed by atoms with Gasteiger partial charge in [0.15, 0.2) is 0 Å². The highest BCUT2D eigenvalue weighted by molar-refractivity contribution is 5.76. The number of hydrazine groups is 1. The number of nitrogens with zero attached hydrogens (tertiary/aromatic N) is 1. The summed E-state index contributed by atoms with van der Waals surface area (Å²) in [6, 6.07) is 6.82. The lowest BCUT2D eigenvalue weighted by atomic mass is 9.70. The molecule has 0 spiro atoms. The van der Waals surface area contributed by atoms with Crippen molar-refractivity contribution in [3.63, 3.8) is 0 Å². The Hall–Kier alpha value is -1.54. The highest BCUT2D eigenvalue weighted by atomic mass is 19.1. The fraction of sp³-hybridized carbons (Fsp3) is 0.632. The first-order chi connectivity index (χ1) is 12.6. The Kier molecular flexibility index (Phi) is 4.96. The number of piperidine rings is 2. The van der Waals surface area contributed by atoms with Gasteiger partial charge in [-0.05, 0) is 50.0 Å². The van der Waals surface area contributed by atoms with Gasteiger partial charge >= 0.3 is 5.97 Å². The largest absolute Gasteiger partial charge is 0.481 e. The van der Waals surface area contributed by atoms with Crippen molar-refractivity contribution in [3.8, 4) is 0 Å². The van der Waals surface area contributed by atoms with E-state index in [1.54, 1.807) is 0 Å². The number of hydrogen-bond donors (Lipinski definition) is 4. The monoisotopic (exact) mass is 362 g/mol. The standard InChI is InChI=1S/C19H27FN4O2/c20-15-4-2-13(3-5-15)17-14(10-22-23-17)11-24-9-6-16-19(12-24,18(25)26)7-1-8-21-16/h2-5,14,16-17,21-23H,1,6-12H2,(H,25,26)/t14?,16-,17?,19+/m1/s1. The SMILES string of the molecule is O=C(O)[C@]12CCCN[C@@H]1CCN(CC1CNNC1c1ccc(F)cc1)C2. The molecular formula is C19H27FN4O2. The molecule has 0 bridgehead atoms. The van der Waals surface area contributed by atoms with E-state index in [0.29, 0.717) is 12.5 Å². The van der Waals surface area contributed by atoms with Crippen LogP contribution in [-0.4, -0.2) is 54.7 Å². The summed E-state index contributed by atoms with van der Waals surface area (Å²) in [7, 11) is 0. The Labute approximate surface area is 153 Å². The van der Waals surface area contributed by atoms with Gasteiger partial charge in [-0.15, -0.1) is 0 Å². The predicted molar refractivity (Wildman–Crippen MR) is 95.9 cm³/mol. The molecule has 1 aromatic rings. The van der Waals surface area contributed by atoms with E-state index in [2.05, 4.69) is 21.1 Å². The normalized spacial score (nSPS) is 35.2. The smallest absolute Gasteiger partial charge is 0.312 e. The van der Waals surface area contributed by atoms with Crippen LogP contribution in [0.25, 0.3) is 0 Å². The zero-order chi connectivity index (χ0) is 18.1. The van der Waals surface area contributed by atoms with Gasteiger partial charge in [-0.3, -0.25) is 10.2 Å². The third kappa shape index (κ3) is 3.24. The Morgan fingerprint density at radius 1 is 1.35 bits per heavy atom. The number of nitrogens with one attached hydrogen (secondary N) is 3. The van der Waals surface area contributed by atoms with Gasteiger partial charge in [-0.2, -0.15) is 0 Å². The molecule has 1 aromatic carbocycles. The van der Waals surface area contributed by atoms with Crippen LogP contribution in [0.15, 0.2) is 24.3 Å². The fourth-order valence-corrected chi connectivity index (χ4v) is 4.95. The topological polar surface area (TPSA) is 76.6 Å². The molecule has 0 aliphatic carbocycles. The summed E-state index contributed by atoms with van der Waals surface area (Å²) in [6.45, 7) is 4.10. The quantitative estimate of drug-likeness (QED) is 0.643. The van der Waals surface area contributed by atoms with E-state index < -0.39 is 11.4 Å². The van der Waals surface area contributed by atoms with Crippen molar-refractivity contribution >= 4 is 5.97 Å². The third-order valence-corrected chi connectivity index (χ3v) is 6.34. The van der Waals surface area contributed by atoms with Crippen molar-refractivity contribution in [2.75, 3.05) is 32.7 Å². The van der Waals surface area contributed by atoms with Crippen LogP contribution in [0.1, 0.15) is 30.9 Å². The number of likely N-dealkylation sites (tertiary alicyclic amines) is 1. The van der Waals surface area contributed by atoms with E-state index in [4.69, 9.17) is 0 Å². The molecule has 3 heterocycles. The zero-order valence-corrected chi connectivity index (χ0v) is 14.9. The van der Waals surface area contributed by atoms with Gasteiger partial charge < -0.3 is 15.3 Å². The molecular weight excluding hydrogens is 335 g/mol. The first kappa shape index (κ1) is 17.9. The summed E-state index contributed by atoms with van der Waals surface area (Å²) in [5.74, 6) is -0.580. The average molecular weight is 362 g/mol. The van der Waals surface area contributed by atoms with Crippen LogP contribution >= 0.6 is 0 Å². The minimum atomic E-state index is -0.669. The second kappa shape index (κ2) is 7.23.